The summed E-state index contributed by atoms with van der Waals surface area (Å²) in [5.74, 6) is -5.09. The molecule has 0 unspecified atom stereocenters. The van der Waals surface area contributed by atoms with Crippen molar-refractivity contribution in [1.82, 2.24) is 10.2 Å². The van der Waals surface area contributed by atoms with Crippen LogP contribution in [0.25, 0.3) is 0 Å². The number of benzene rings is 1. The van der Waals surface area contributed by atoms with E-state index in [0.29, 0.717) is 32.6 Å². The lowest BCUT2D eigenvalue weighted by molar-refractivity contribution is 0.146. The van der Waals surface area contributed by atoms with E-state index in [-0.39, 0.29) is 12.0 Å². The van der Waals surface area contributed by atoms with Crippen molar-refractivity contribution in [2.45, 2.75) is 26.3 Å². The van der Waals surface area contributed by atoms with E-state index in [9.17, 15) is 17.6 Å². The first-order valence-electron chi connectivity index (χ1n) is 7.19. The zero-order chi connectivity index (χ0) is 15.6. The van der Waals surface area contributed by atoms with Gasteiger partial charge in [0, 0.05) is 43.9 Å². The van der Waals surface area contributed by atoms with Crippen molar-refractivity contribution < 1.29 is 17.6 Å². The van der Waals surface area contributed by atoms with Crippen LogP contribution in [0.2, 0.25) is 0 Å². The smallest absolute Gasteiger partial charge is 0.166 e. The van der Waals surface area contributed by atoms with Gasteiger partial charge in [-0.15, -0.1) is 0 Å². The van der Waals surface area contributed by atoms with Crippen molar-refractivity contribution in [3.05, 3.63) is 34.9 Å². The number of nitrogens with zero attached hydrogens (tertiary/aromatic N) is 1. The van der Waals surface area contributed by atoms with Crippen LogP contribution in [-0.2, 0) is 0 Å². The molecular formula is C15H20F4N2. The molecule has 1 N–H and O–H groups in total. The lowest BCUT2D eigenvalue weighted by Gasteiger charge is -2.36. The number of nitrogens with one attached hydrogen (secondary N) is 1. The molecule has 1 aromatic rings. The molecular weight excluding hydrogens is 284 g/mol. The van der Waals surface area contributed by atoms with E-state index in [4.69, 9.17) is 0 Å². The first-order valence-corrected chi connectivity index (χ1v) is 7.19. The summed E-state index contributed by atoms with van der Waals surface area (Å²) in [7, 11) is 0. The van der Waals surface area contributed by atoms with Crippen LogP contribution >= 0.6 is 0 Å². The lowest BCUT2D eigenvalue weighted by atomic mass is 9.94. The fraction of sp³-hybridized carbons (Fsp3) is 0.600. The first kappa shape index (κ1) is 16.2. The molecule has 0 spiro atoms. The molecule has 21 heavy (non-hydrogen) atoms. The average molecular weight is 304 g/mol. The summed E-state index contributed by atoms with van der Waals surface area (Å²) in [6, 6.07) is -0.393. The quantitative estimate of drug-likeness (QED) is 0.678. The van der Waals surface area contributed by atoms with Gasteiger partial charge in [-0.2, -0.15) is 0 Å². The molecule has 118 valence electrons. The number of piperazine rings is 1. The van der Waals surface area contributed by atoms with Gasteiger partial charge in [0.25, 0.3) is 0 Å². The summed E-state index contributed by atoms with van der Waals surface area (Å²) in [5.41, 5.74) is -0.483. The molecule has 0 bridgehead atoms. The molecule has 1 aliphatic rings. The van der Waals surface area contributed by atoms with Crippen LogP contribution in [0.4, 0.5) is 17.6 Å². The molecule has 1 atom stereocenters. The van der Waals surface area contributed by atoms with E-state index in [1.807, 2.05) is 18.7 Å². The van der Waals surface area contributed by atoms with Crippen LogP contribution in [0.15, 0.2) is 6.07 Å². The Balaban J connectivity index is 2.45. The van der Waals surface area contributed by atoms with E-state index < -0.39 is 34.9 Å². The van der Waals surface area contributed by atoms with Crippen molar-refractivity contribution in [1.29, 1.82) is 0 Å². The highest BCUT2D eigenvalue weighted by atomic mass is 19.2. The molecule has 0 aromatic heterocycles. The minimum atomic E-state index is -1.34. The van der Waals surface area contributed by atoms with Gasteiger partial charge in [-0.05, 0) is 12.3 Å². The summed E-state index contributed by atoms with van der Waals surface area (Å²) in [6.07, 6.45) is 0.441. The largest absolute Gasteiger partial charge is 0.314 e. The second-order valence-electron chi connectivity index (χ2n) is 5.81. The van der Waals surface area contributed by atoms with Gasteiger partial charge in [0.1, 0.15) is 0 Å². The van der Waals surface area contributed by atoms with E-state index in [2.05, 4.69) is 5.32 Å². The van der Waals surface area contributed by atoms with Crippen molar-refractivity contribution >= 4 is 0 Å². The minimum absolute atomic E-state index is 0.148. The van der Waals surface area contributed by atoms with Gasteiger partial charge in [0.2, 0.25) is 0 Å². The lowest BCUT2D eigenvalue weighted by Crippen LogP contribution is -2.46. The van der Waals surface area contributed by atoms with Gasteiger partial charge in [-0.3, -0.25) is 4.90 Å². The van der Waals surface area contributed by atoms with Gasteiger partial charge in [-0.1, -0.05) is 13.8 Å². The van der Waals surface area contributed by atoms with Gasteiger partial charge in [0.15, 0.2) is 23.3 Å². The molecule has 2 rings (SSSR count). The summed E-state index contributed by atoms with van der Waals surface area (Å²) in [4.78, 5) is 1.89. The maximum absolute atomic E-state index is 14.1. The Bertz CT molecular complexity index is 473. The highest BCUT2D eigenvalue weighted by Crippen LogP contribution is 2.33. The zero-order valence-electron chi connectivity index (χ0n) is 12.2. The Morgan fingerprint density at radius 3 is 2.05 bits per heavy atom. The summed E-state index contributed by atoms with van der Waals surface area (Å²) in [6.45, 7) is 6.40. The standard InChI is InChI=1S/C15H20F4N2/c1-9(2)7-12(21-5-3-20-4-6-21)13-14(18)10(16)8-11(17)15(13)19/h8-9,12,20H,3-7H2,1-2H3/t12-/m1/s1. The number of rotatable bonds is 4. The van der Waals surface area contributed by atoms with Gasteiger partial charge in [-0.25, -0.2) is 17.6 Å². The average Bonchev–Trinajstić information content (AvgIpc) is 2.45. The topological polar surface area (TPSA) is 15.3 Å². The van der Waals surface area contributed by atoms with Gasteiger partial charge in [0.05, 0.1) is 0 Å². The second-order valence-corrected chi connectivity index (χ2v) is 5.81. The fourth-order valence-corrected chi connectivity index (χ4v) is 2.77. The van der Waals surface area contributed by atoms with Crippen molar-refractivity contribution in [2.24, 2.45) is 5.92 Å². The van der Waals surface area contributed by atoms with Crippen LogP contribution in [-0.4, -0.2) is 31.1 Å². The fourth-order valence-electron chi connectivity index (χ4n) is 2.77. The molecule has 2 nitrogen and oxygen atoms in total. The predicted octanol–water partition coefficient (Wildman–Crippen LogP) is 3.24. The zero-order valence-corrected chi connectivity index (χ0v) is 12.2. The molecule has 1 saturated heterocycles. The third kappa shape index (κ3) is 3.55. The molecule has 0 radical (unpaired) electrons. The van der Waals surface area contributed by atoms with E-state index in [0.717, 1.165) is 0 Å². The number of halogens is 4. The van der Waals surface area contributed by atoms with Crippen LogP contribution in [0, 0.1) is 29.2 Å². The molecule has 0 aliphatic carbocycles. The maximum atomic E-state index is 14.1. The van der Waals surface area contributed by atoms with Crippen molar-refractivity contribution in [3.63, 3.8) is 0 Å². The Morgan fingerprint density at radius 1 is 1.05 bits per heavy atom. The second kappa shape index (κ2) is 6.75. The van der Waals surface area contributed by atoms with E-state index in [1.54, 1.807) is 0 Å². The normalized spacial score (nSPS) is 18.2. The van der Waals surface area contributed by atoms with Crippen LogP contribution in [0.3, 0.4) is 0 Å². The Hall–Kier alpha value is -1.14. The summed E-state index contributed by atoms with van der Waals surface area (Å²) in [5, 5.41) is 3.15. The summed E-state index contributed by atoms with van der Waals surface area (Å²) >= 11 is 0. The third-order valence-corrected chi connectivity index (χ3v) is 3.77. The molecule has 6 heteroatoms. The molecule has 1 aliphatic heterocycles. The maximum Gasteiger partial charge on any atom is 0.166 e. The van der Waals surface area contributed by atoms with Gasteiger partial charge < -0.3 is 5.32 Å². The van der Waals surface area contributed by atoms with Crippen molar-refractivity contribution in [3.8, 4) is 0 Å². The number of hydrogen-bond donors (Lipinski definition) is 1. The Labute approximate surface area is 122 Å². The SMILES string of the molecule is CC(C)C[C@H](c1c(F)c(F)cc(F)c1F)N1CCNCC1. The molecule has 1 aromatic carbocycles. The van der Waals surface area contributed by atoms with Crippen molar-refractivity contribution in [2.75, 3.05) is 26.2 Å². The first-order chi connectivity index (χ1) is 9.91. The predicted molar refractivity (Wildman–Crippen MR) is 72.9 cm³/mol. The molecule has 0 amide bonds. The third-order valence-electron chi connectivity index (χ3n) is 3.77. The Morgan fingerprint density at radius 2 is 1.57 bits per heavy atom. The van der Waals surface area contributed by atoms with Gasteiger partial charge >= 0.3 is 0 Å². The molecule has 1 fully saturated rings. The highest BCUT2D eigenvalue weighted by Gasteiger charge is 2.31. The van der Waals surface area contributed by atoms with Crippen LogP contribution in [0.5, 0.6) is 0 Å². The summed E-state index contributed by atoms with van der Waals surface area (Å²) < 4.78 is 55.1. The molecule has 1 heterocycles. The molecule has 0 saturated carbocycles. The highest BCUT2D eigenvalue weighted by molar-refractivity contribution is 5.26. The number of hydrogen-bond acceptors (Lipinski definition) is 2. The van der Waals surface area contributed by atoms with E-state index in [1.165, 1.54) is 0 Å². The monoisotopic (exact) mass is 304 g/mol. The van der Waals surface area contributed by atoms with E-state index >= 15 is 0 Å². The van der Waals surface area contributed by atoms with Crippen LogP contribution in [0.1, 0.15) is 31.9 Å². The Kier molecular flexibility index (Phi) is 5.22. The minimum Gasteiger partial charge on any atom is -0.314 e. The van der Waals surface area contributed by atoms with Crippen LogP contribution < -0.4 is 5.32 Å².